The molecule has 0 aromatic carbocycles. The van der Waals surface area contributed by atoms with Crippen LogP contribution in [0.4, 0.5) is 0 Å². The number of rotatable bonds is 8. The van der Waals surface area contributed by atoms with Crippen LogP contribution in [0.3, 0.4) is 0 Å². The third kappa shape index (κ3) is 5.73. The minimum absolute atomic E-state index is 0.0598. The van der Waals surface area contributed by atoms with Gasteiger partial charge in [-0.25, -0.2) is 8.42 Å². The third-order valence-electron chi connectivity index (χ3n) is 3.75. The monoisotopic (exact) mass is 311 g/mol. The molecule has 0 heterocycles. The summed E-state index contributed by atoms with van der Waals surface area (Å²) >= 11 is 0. The van der Waals surface area contributed by atoms with Gasteiger partial charge in [-0.2, -0.15) is 10.5 Å². The molecule has 6 nitrogen and oxygen atoms in total. The molecule has 0 unspecified atom stereocenters. The maximum absolute atomic E-state index is 12.1. The van der Waals surface area contributed by atoms with Crippen LogP contribution < -0.4 is 0 Å². The van der Waals surface area contributed by atoms with Gasteiger partial charge in [0.15, 0.2) is 9.84 Å². The molecule has 0 saturated heterocycles. The highest BCUT2D eigenvalue weighted by Crippen LogP contribution is 2.25. The second kappa shape index (κ2) is 8.63. The highest BCUT2D eigenvalue weighted by atomic mass is 32.2. The zero-order valence-corrected chi connectivity index (χ0v) is 12.9. The summed E-state index contributed by atoms with van der Waals surface area (Å²) in [6.45, 7) is 0.501. The first-order valence-electron chi connectivity index (χ1n) is 7.24. The molecular formula is C14H21N3O3S. The Morgan fingerprint density at radius 1 is 1.10 bits per heavy atom. The lowest BCUT2D eigenvalue weighted by Crippen LogP contribution is -2.34. The fourth-order valence-electron chi connectivity index (χ4n) is 2.53. The van der Waals surface area contributed by atoms with Gasteiger partial charge >= 0.3 is 0 Å². The number of nitriles is 2. The Morgan fingerprint density at radius 3 is 2.10 bits per heavy atom. The molecule has 1 saturated carbocycles. The van der Waals surface area contributed by atoms with Crippen LogP contribution in [-0.4, -0.2) is 43.3 Å². The van der Waals surface area contributed by atoms with Crippen LogP contribution in [0.1, 0.15) is 44.9 Å². The standard InChI is InChI=1S/C14H21N3O3S/c15-8-3-10-17(11-4-9-16)14(18)7-12-21(19,20)13-5-1-2-6-13/h13H,1-7,10-12H2. The van der Waals surface area contributed by atoms with Crippen molar-refractivity contribution >= 4 is 15.7 Å². The van der Waals surface area contributed by atoms with Crippen LogP contribution in [0.2, 0.25) is 0 Å². The zero-order valence-electron chi connectivity index (χ0n) is 12.1. The molecule has 0 atom stereocenters. The molecule has 1 aliphatic rings. The maximum atomic E-state index is 12.1. The van der Waals surface area contributed by atoms with Crippen molar-refractivity contribution in [3.05, 3.63) is 0 Å². The molecule has 1 fully saturated rings. The van der Waals surface area contributed by atoms with Crippen molar-refractivity contribution in [1.82, 2.24) is 4.90 Å². The van der Waals surface area contributed by atoms with Crippen molar-refractivity contribution < 1.29 is 13.2 Å². The molecule has 0 aromatic rings. The van der Waals surface area contributed by atoms with E-state index in [-0.39, 0.29) is 49.3 Å². The average Bonchev–Trinajstić information content (AvgIpc) is 3.00. The predicted octanol–water partition coefficient (Wildman–Crippen LogP) is 1.39. The van der Waals surface area contributed by atoms with Crippen molar-refractivity contribution in [1.29, 1.82) is 10.5 Å². The first-order chi connectivity index (χ1) is 10.0. The number of hydrogen-bond donors (Lipinski definition) is 0. The van der Waals surface area contributed by atoms with Crippen LogP contribution in [0.5, 0.6) is 0 Å². The summed E-state index contributed by atoms with van der Waals surface area (Å²) in [5.41, 5.74) is 0. The van der Waals surface area contributed by atoms with Crippen LogP contribution in [0.15, 0.2) is 0 Å². The van der Waals surface area contributed by atoms with Gasteiger partial charge in [0.2, 0.25) is 5.91 Å². The summed E-state index contributed by atoms with van der Waals surface area (Å²) < 4.78 is 24.2. The molecule has 1 rings (SSSR count). The summed E-state index contributed by atoms with van der Waals surface area (Å²) in [6, 6.07) is 3.90. The Kier molecular flexibility index (Phi) is 7.18. The molecule has 7 heteroatoms. The van der Waals surface area contributed by atoms with Gasteiger partial charge in [0, 0.05) is 19.5 Å². The van der Waals surface area contributed by atoms with Crippen molar-refractivity contribution in [3.8, 4) is 12.1 Å². The first kappa shape index (κ1) is 17.5. The molecular weight excluding hydrogens is 290 g/mol. The van der Waals surface area contributed by atoms with E-state index in [2.05, 4.69) is 0 Å². The predicted molar refractivity (Wildman–Crippen MR) is 77.7 cm³/mol. The molecule has 0 N–H and O–H groups in total. The quantitative estimate of drug-likeness (QED) is 0.674. The molecule has 0 aliphatic heterocycles. The van der Waals surface area contributed by atoms with Crippen LogP contribution in [0, 0.1) is 22.7 Å². The van der Waals surface area contributed by atoms with E-state index in [9.17, 15) is 13.2 Å². The normalized spacial score (nSPS) is 15.3. The largest absolute Gasteiger partial charge is 0.341 e. The van der Waals surface area contributed by atoms with E-state index < -0.39 is 9.84 Å². The third-order valence-corrected chi connectivity index (χ3v) is 6.01. The van der Waals surface area contributed by atoms with Gasteiger partial charge in [0.1, 0.15) is 0 Å². The van der Waals surface area contributed by atoms with Crippen molar-refractivity contribution in [3.63, 3.8) is 0 Å². The summed E-state index contributed by atoms with van der Waals surface area (Å²) in [4.78, 5) is 13.5. The SMILES string of the molecule is N#CCCN(CCC#N)C(=O)CCS(=O)(=O)C1CCCC1. The second-order valence-electron chi connectivity index (χ2n) is 5.22. The molecule has 0 aromatic heterocycles. The number of hydrogen-bond acceptors (Lipinski definition) is 5. The Morgan fingerprint density at radius 2 is 1.62 bits per heavy atom. The van der Waals surface area contributed by atoms with Gasteiger partial charge in [0.25, 0.3) is 0 Å². The molecule has 0 bridgehead atoms. The lowest BCUT2D eigenvalue weighted by Gasteiger charge is -2.20. The highest BCUT2D eigenvalue weighted by molar-refractivity contribution is 7.92. The van der Waals surface area contributed by atoms with Gasteiger partial charge in [-0.1, -0.05) is 12.8 Å². The lowest BCUT2D eigenvalue weighted by atomic mass is 10.3. The highest BCUT2D eigenvalue weighted by Gasteiger charge is 2.29. The topological polar surface area (TPSA) is 102 Å². The van der Waals surface area contributed by atoms with E-state index >= 15 is 0 Å². The van der Waals surface area contributed by atoms with E-state index in [1.54, 1.807) is 0 Å². The molecule has 0 radical (unpaired) electrons. The van der Waals surface area contributed by atoms with E-state index in [0.29, 0.717) is 12.8 Å². The van der Waals surface area contributed by atoms with Gasteiger partial charge in [0.05, 0.1) is 36.0 Å². The average molecular weight is 311 g/mol. The Bertz CT molecular complexity index is 507. The van der Waals surface area contributed by atoms with E-state index in [1.165, 1.54) is 4.90 Å². The Labute approximate surface area is 126 Å². The lowest BCUT2D eigenvalue weighted by molar-refractivity contribution is -0.130. The molecule has 1 aliphatic carbocycles. The van der Waals surface area contributed by atoms with Crippen molar-refractivity contribution in [2.24, 2.45) is 0 Å². The van der Waals surface area contributed by atoms with E-state index in [4.69, 9.17) is 10.5 Å². The fourth-order valence-corrected chi connectivity index (χ4v) is 4.38. The summed E-state index contributed by atoms with van der Waals surface area (Å²) in [6.07, 6.45) is 3.59. The maximum Gasteiger partial charge on any atom is 0.223 e. The number of carbonyl (C=O) groups excluding carboxylic acids is 1. The number of sulfone groups is 1. The molecule has 21 heavy (non-hydrogen) atoms. The summed E-state index contributed by atoms with van der Waals surface area (Å²) in [7, 11) is -3.21. The van der Waals surface area contributed by atoms with Gasteiger partial charge in [-0.15, -0.1) is 0 Å². The van der Waals surface area contributed by atoms with Gasteiger partial charge in [-0.3, -0.25) is 4.79 Å². The number of amides is 1. The molecule has 116 valence electrons. The Balaban J connectivity index is 2.52. The summed E-state index contributed by atoms with van der Waals surface area (Å²) in [5, 5.41) is 16.9. The summed E-state index contributed by atoms with van der Waals surface area (Å²) in [5.74, 6) is -0.423. The van der Waals surface area contributed by atoms with Crippen molar-refractivity contribution in [2.75, 3.05) is 18.8 Å². The fraction of sp³-hybridized carbons (Fsp3) is 0.786. The number of carbonyl (C=O) groups is 1. The molecule has 0 spiro atoms. The van der Waals surface area contributed by atoms with Gasteiger partial charge in [-0.05, 0) is 12.8 Å². The second-order valence-corrected chi connectivity index (χ2v) is 7.62. The Hall–Kier alpha value is -1.60. The molecule has 1 amide bonds. The van der Waals surface area contributed by atoms with Crippen LogP contribution in [-0.2, 0) is 14.6 Å². The smallest absolute Gasteiger partial charge is 0.223 e. The minimum atomic E-state index is -3.21. The number of nitrogens with zero attached hydrogens (tertiary/aromatic N) is 3. The van der Waals surface area contributed by atoms with Crippen molar-refractivity contribution in [2.45, 2.75) is 50.2 Å². The minimum Gasteiger partial charge on any atom is -0.341 e. The van der Waals surface area contributed by atoms with Crippen LogP contribution >= 0.6 is 0 Å². The van der Waals surface area contributed by atoms with E-state index in [0.717, 1.165) is 12.8 Å². The zero-order chi connectivity index (χ0) is 15.7. The van der Waals surface area contributed by atoms with Gasteiger partial charge < -0.3 is 4.90 Å². The first-order valence-corrected chi connectivity index (χ1v) is 8.96. The van der Waals surface area contributed by atoms with E-state index in [1.807, 2.05) is 12.1 Å². The van der Waals surface area contributed by atoms with Crippen LogP contribution in [0.25, 0.3) is 0 Å².